The average Bonchev–Trinajstić information content (AvgIpc) is 3.16. The van der Waals surface area contributed by atoms with E-state index >= 15 is 0 Å². The molecule has 28 heavy (non-hydrogen) atoms. The lowest BCUT2D eigenvalue weighted by Gasteiger charge is -2.22. The Morgan fingerprint density at radius 3 is 2.75 bits per heavy atom. The molecule has 0 bridgehead atoms. The number of nitrogens with one attached hydrogen (secondary N) is 2. The molecule has 0 unspecified atom stereocenters. The summed E-state index contributed by atoms with van der Waals surface area (Å²) in [7, 11) is 0. The number of urea groups is 1. The van der Waals surface area contributed by atoms with E-state index in [1.165, 1.54) is 0 Å². The summed E-state index contributed by atoms with van der Waals surface area (Å²) in [6, 6.07) is 14.7. The van der Waals surface area contributed by atoms with Gasteiger partial charge in [0.05, 0.1) is 0 Å². The van der Waals surface area contributed by atoms with Gasteiger partial charge in [0.2, 0.25) is 5.91 Å². The lowest BCUT2D eigenvalue weighted by molar-refractivity contribution is -0.134. The van der Waals surface area contributed by atoms with Gasteiger partial charge in [0.25, 0.3) is 5.91 Å². The monoisotopic (exact) mass is 377 g/mol. The molecular formula is C22H23N3O3. The van der Waals surface area contributed by atoms with Gasteiger partial charge in [0.15, 0.2) is 0 Å². The highest BCUT2D eigenvalue weighted by molar-refractivity contribution is 6.10. The predicted molar refractivity (Wildman–Crippen MR) is 106 cm³/mol. The van der Waals surface area contributed by atoms with E-state index in [0.717, 1.165) is 28.0 Å². The van der Waals surface area contributed by atoms with Crippen LogP contribution in [-0.4, -0.2) is 29.3 Å². The quantitative estimate of drug-likeness (QED) is 0.804. The zero-order valence-electron chi connectivity index (χ0n) is 16.0. The second-order valence-electron chi connectivity index (χ2n) is 7.71. The van der Waals surface area contributed by atoms with Crippen molar-refractivity contribution in [3.63, 3.8) is 0 Å². The van der Waals surface area contributed by atoms with E-state index in [1.807, 2.05) is 42.5 Å². The topological polar surface area (TPSA) is 78.5 Å². The van der Waals surface area contributed by atoms with Gasteiger partial charge in [-0.3, -0.25) is 14.5 Å². The summed E-state index contributed by atoms with van der Waals surface area (Å²) in [5.74, 6) is -0.411. The number of rotatable bonds is 4. The molecule has 1 heterocycles. The molecule has 1 saturated heterocycles. The number of aryl methyl sites for hydroxylation is 1. The summed E-state index contributed by atoms with van der Waals surface area (Å²) in [5.41, 5.74) is 2.62. The minimum Gasteiger partial charge on any atom is -0.325 e. The maximum absolute atomic E-state index is 13.1. The Morgan fingerprint density at radius 2 is 1.96 bits per heavy atom. The summed E-state index contributed by atoms with van der Waals surface area (Å²) in [4.78, 5) is 39.1. The van der Waals surface area contributed by atoms with Gasteiger partial charge >= 0.3 is 6.03 Å². The molecule has 1 aliphatic carbocycles. The van der Waals surface area contributed by atoms with Gasteiger partial charge in [-0.25, -0.2) is 4.79 Å². The standard InChI is InChI=1S/C22H23N3O3/c1-14(2)16-7-5-8-17(12-16)23-19(26)13-25-20(27)22(24-21(25)28)11-10-15-6-3-4-9-18(15)22/h3-9,12,14H,10-11,13H2,1-2H3,(H,23,26)(H,24,28)/t22-/m1/s1. The Kier molecular flexibility index (Phi) is 4.41. The Morgan fingerprint density at radius 1 is 1.18 bits per heavy atom. The molecule has 6 nitrogen and oxygen atoms in total. The molecule has 0 aromatic heterocycles. The average molecular weight is 377 g/mol. The van der Waals surface area contributed by atoms with Gasteiger partial charge in [-0.1, -0.05) is 50.2 Å². The number of fused-ring (bicyclic) bond motifs is 2. The third-order valence-electron chi connectivity index (χ3n) is 5.56. The Hall–Kier alpha value is -3.15. The third-order valence-corrected chi connectivity index (χ3v) is 5.56. The number of imide groups is 1. The van der Waals surface area contributed by atoms with Crippen molar-refractivity contribution in [3.05, 3.63) is 65.2 Å². The Balaban J connectivity index is 1.50. The zero-order chi connectivity index (χ0) is 19.9. The van der Waals surface area contributed by atoms with Crippen LogP contribution in [-0.2, 0) is 21.5 Å². The van der Waals surface area contributed by atoms with Gasteiger partial charge in [-0.2, -0.15) is 0 Å². The van der Waals surface area contributed by atoms with E-state index in [-0.39, 0.29) is 12.5 Å². The Labute approximate surface area is 163 Å². The van der Waals surface area contributed by atoms with E-state index in [4.69, 9.17) is 0 Å². The van der Waals surface area contributed by atoms with Crippen LogP contribution in [0.1, 0.15) is 42.9 Å². The van der Waals surface area contributed by atoms with Gasteiger partial charge in [-0.15, -0.1) is 0 Å². The summed E-state index contributed by atoms with van der Waals surface area (Å²) in [5, 5.41) is 5.63. The largest absolute Gasteiger partial charge is 0.325 e. The molecule has 0 radical (unpaired) electrons. The molecule has 2 aromatic carbocycles. The molecule has 4 rings (SSSR count). The van der Waals surface area contributed by atoms with Crippen LogP contribution in [0.3, 0.4) is 0 Å². The lowest BCUT2D eigenvalue weighted by Crippen LogP contribution is -2.43. The van der Waals surface area contributed by atoms with Crippen molar-refractivity contribution in [1.29, 1.82) is 0 Å². The van der Waals surface area contributed by atoms with Crippen LogP contribution in [0.25, 0.3) is 0 Å². The molecule has 4 amide bonds. The molecular weight excluding hydrogens is 354 g/mol. The first kappa shape index (κ1) is 18.2. The normalized spacial score (nSPS) is 20.6. The molecule has 1 fully saturated rings. The fourth-order valence-electron chi connectivity index (χ4n) is 4.05. The van der Waals surface area contributed by atoms with Gasteiger partial charge in [-0.05, 0) is 47.6 Å². The second-order valence-corrected chi connectivity index (χ2v) is 7.71. The number of benzene rings is 2. The number of carbonyl (C=O) groups is 3. The van der Waals surface area contributed by atoms with Crippen molar-refractivity contribution in [1.82, 2.24) is 10.2 Å². The number of carbonyl (C=O) groups excluding carboxylic acids is 3. The molecule has 2 aromatic rings. The fourth-order valence-corrected chi connectivity index (χ4v) is 4.05. The smallest absolute Gasteiger partial charge is 0.325 e. The number of nitrogens with zero attached hydrogens (tertiary/aromatic N) is 1. The molecule has 1 atom stereocenters. The number of amides is 4. The van der Waals surface area contributed by atoms with Crippen molar-refractivity contribution < 1.29 is 14.4 Å². The maximum atomic E-state index is 13.1. The highest BCUT2D eigenvalue weighted by atomic mass is 16.2. The van der Waals surface area contributed by atoms with Gasteiger partial charge in [0.1, 0.15) is 12.1 Å². The molecule has 1 spiro atoms. The summed E-state index contributed by atoms with van der Waals surface area (Å²) in [6.07, 6.45) is 1.25. The maximum Gasteiger partial charge on any atom is 0.325 e. The first-order chi connectivity index (χ1) is 13.4. The first-order valence-corrected chi connectivity index (χ1v) is 9.53. The van der Waals surface area contributed by atoms with E-state index in [2.05, 4.69) is 24.5 Å². The predicted octanol–water partition coefficient (Wildman–Crippen LogP) is 3.14. The molecule has 144 valence electrons. The van der Waals surface area contributed by atoms with Crippen LogP contribution >= 0.6 is 0 Å². The SMILES string of the molecule is CC(C)c1cccc(NC(=O)CN2C(=O)N[C@@]3(CCc4ccccc43)C2=O)c1. The van der Waals surface area contributed by atoms with Crippen LogP contribution in [0.4, 0.5) is 10.5 Å². The second kappa shape index (κ2) is 6.78. The number of hydrogen-bond donors (Lipinski definition) is 2. The molecule has 6 heteroatoms. The van der Waals surface area contributed by atoms with Crippen molar-refractivity contribution in [2.75, 3.05) is 11.9 Å². The molecule has 2 N–H and O–H groups in total. The van der Waals surface area contributed by atoms with Crippen molar-refractivity contribution in [2.24, 2.45) is 0 Å². The third kappa shape index (κ3) is 2.95. The van der Waals surface area contributed by atoms with E-state index in [0.29, 0.717) is 18.0 Å². The number of hydrogen-bond acceptors (Lipinski definition) is 3. The summed E-state index contributed by atoms with van der Waals surface area (Å²) in [6.45, 7) is 3.85. The van der Waals surface area contributed by atoms with Crippen molar-refractivity contribution in [2.45, 2.75) is 38.1 Å². The van der Waals surface area contributed by atoms with E-state index < -0.39 is 17.5 Å². The van der Waals surface area contributed by atoms with Crippen LogP contribution in [0.5, 0.6) is 0 Å². The molecule has 0 saturated carbocycles. The summed E-state index contributed by atoms with van der Waals surface area (Å²) < 4.78 is 0. The van der Waals surface area contributed by atoms with Crippen LogP contribution < -0.4 is 10.6 Å². The lowest BCUT2D eigenvalue weighted by atomic mass is 9.92. The van der Waals surface area contributed by atoms with Crippen LogP contribution in [0.15, 0.2) is 48.5 Å². The van der Waals surface area contributed by atoms with E-state index in [9.17, 15) is 14.4 Å². The van der Waals surface area contributed by atoms with Gasteiger partial charge in [0, 0.05) is 5.69 Å². The Bertz CT molecular complexity index is 969. The minimum absolute atomic E-state index is 0.305. The highest BCUT2D eigenvalue weighted by Gasteiger charge is 2.55. The summed E-state index contributed by atoms with van der Waals surface area (Å²) >= 11 is 0. The van der Waals surface area contributed by atoms with Gasteiger partial charge < -0.3 is 10.6 Å². The minimum atomic E-state index is -1.04. The fraction of sp³-hybridized carbons (Fsp3) is 0.318. The van der Waals surface area contributed by atoms with Crippen LogP contribution in [0.2, 0.25) is 0 Å². The first-order valence-electron chi connectivity index (χ1n) is 9.53. The molecule has 2 aliphatic rings. The van der Waals surface area contributed by atoms with Crippen molar-refractivity contribution in [3.8, 4) is 0 Å². The highest BCUT2D eigenvalue weighted by Crippen LogP contribution is 2.41. The number of anilines is 1. The zero-order valence-corrected chi connectivity index (χ0v) is 16.0. The van der Waals surface area contributed by atoms with E-state index in [1.54, 1.807) is 6.07 Å². The van der Waals surface area contributed by atoms with Crippen LogP contribution in [0, 0.1) is 0 Å². The van der Waals surface area contributed by atoms with Crippen molar-refractivity contribution >= 4 is 23.5 Å². The molecule has 1 aliphatic heterocycles.